The first-order valence-corrected chi connectivity index (χ1v) is 6.65. The topological polar surface area (TPSA) is 98.8 Å². The molecule has 0 radical (unpaired) electrons. The first-order chi connectivity index (χ1) is 9.28. The van der Waals surface area contributed by atoms with Crippen LogP contribution in [0.3, 0.4) is 0 Å². The number of fused-ring (bicyclic) bond motifs is 1. The lowest BCUT2D eigenvalue weighted by Gasteiger charge is -2.12. The minimum atomic E-state index is -0.310. The third kappa shape index (κ3) is 2.60. The quantitative estimate of drug-likeness (QED) is 0.619. The van der Waals surface area contributed by atoms with E-state index in [1.165, 1.54) is 0 Å². The van der Waals surface area contributed by atoms with E-state index in [2.05, 4.69) is 30.6 Å². The van der Waals surface area contributed by atoms with Crippen molar-refractivity contribution in [3.05, 3.63) is 6.33 Å². The van der Waals surface area contributed by atoms with E-state index in [0.717, 1.165) is 24.9 Å². The predicted octanol–water partition coefficient (Wildman–Crippen LogP) is 0.967. The fourth-order valence-corrected chi connectivity index (χ4v) is 2.05. The second kappa shape index (κ2) is 5.00. The van der Waals surface area contributed by atoms with Gasteiger partial charge >= 0.3 is 0 Å². The van der Waals surface area contributed by atoms with Crippen molar-refractivity contribution in [1.29, 1.82) is 0 Å². The summed E-state index contributed by atoms with van der Waals surface area (Å²) in [5.41, 5.74) is 1.39. The molecule has 1 fully saturated rings. The zero-order chi connectivity index (χ0) is 13.2. The van der Waals surface area contributed by atoms with Crippen LogP contribution in [0.15, 0.2) is 6.33 Å². The van der Waals surface area contributed by atoms with Gasteiger partial charge in [0, 0.05) is 13.1 Å². The Balaban J connectivity index is 1.80. The number of H-pyrrole nitrogens is 1. The van der Waals surface area contributed by atoms with Crippen molar-refractivity contribution < 1.29 is 5.11 Å². The average Bonchev–Trinajstić information content (AvgIpc) is 3.15. The molecule has 3 rings (SSSR count). The van der Waals surface area contributed by atoms with Crippen LogP contribution >= 0.6 is 0 Å². The monoisotopic (exact) mass is 262 g/mol. The van der Waals surface area contributed by atoms with Gasteiger partial charge in [-0.05, 0) is 25.7 Å². The molecule has 102 valence electrons. The zero-order valence-corrected chi connectivity index (χ0v) is 10.8. The van der Waals surface area contributed by atoms with Crippen molar-refractivity contribution in [2.75, 3.05) is 23.7 Å². The molecule has 0 saturated heterocycles. The molecular formula is C12H18N6O. The summed E-state index contributed by atoms with van der Waals surface area (Å²) in [4.78, 5) is 15.9. The molecule has 7 heteroatoms. The standard InChI is InChI=1S/C12H18N6O/c1-2-13-12-17-10(9-11(18-12)16-6-15-9)14-5-8(19)7-3-4-7/h6-8,19H,2-5H2,1H3,(H3,13,14,15,16,17,18). The summed E-state index contributed by atoms with van der Waals surface area (Å²) in [6.45, 7) is 3.24. The van der Waals surface area contributed by atoms with E-state index >= 15 is 0 Å². The molecule has 0 bridgehead atoms. The highest BCUT2D eigenvalue weighted by atomic mass is 16.3. The number of aromatic nitrogens is 4. The fraction of sp³-hybridized carbons (Fsp3) is 0.583. The number of hydrogen-bond donors (Lipinski definition) is 4. The summed E-state index contributed by atoms with van der Waals surface area (Å²) in [6, 6.07) is 0. The second-order valence-corrected chi connectivity index (χ2v) is 4.81. The largest absolute Gasteiger partial charge is 0.391 e. The molecule has 19 heavy (non-hydrogen) atoms. The lowest BCUT2D eigenvalue weighted by atomic mass is 10.2. The fourth-order valence-electron chi connectivity index (χ4n) is 2.05. The Kier molecular flexibility index (Phi) is 3.20. The smallest absolute Gasteiger partial charge is 0.226 e. The van der Waals surface area contributed by atoms with Crippen molar-refractivity contribution in [2.24, 2.45) is 5.92 Å². The molecule has 1 saturated carbocycles. The third-order valence-electron chi connectivity index (χ3n) is 3.27. The molecule has 0 aromatic carbocycles. The van der Waals surface area contributed by atoms with Gasteiger partial charge in [0.15, 0.2) is 11.5 Å². The molecule has 2 heterocycles. The summed E-state index contributed by atoms with van der Waals surface area (Å²) < 4.78 is 0. The van der Waals surface area contributed by atoms with Gasteiger partial charge in [-0.2, -0.15) is 9.97 Å². The molecule has 1 unspecified atom stereocenters. The molecule has 0 amide bonds. The maximum atomic E-state index is 9.90. The van der Waals surface area contributed by atoms with E-state index in [9.17, 15) is 5.11 Å². The van der Waals surface area contributed by atoms with Crippen LogP contribution in [0.2, 0.25) is 0 Å². The first kappa shape index (κ1) is 12.2. The highest BCUT2D eigenvalue weighted by Gasteiger charge is 2.29. The van der Waals surface area contributed by atoms with Crippen LogP contribution in [-0.4, -0.2) is 44.2 Å². The molecule has 2 aromatic rings. The van der Waals surface area contributed by atoms with E-state index in [4.69, 9.17) is 0 Å². The Hall–Kier alpha value is -1.89. The third-order valence-corrected chi connectivity index (χ3v) is 3.27. The van der Waals surface area contributed by atoms with Crippen LogP contribution < -0.4 is 10.6 Å². The van der Waals surface area contributed by atoms with Gasteiger partial charge in [-0.3, -0.25) is 0 Å². The van der Waals surface area contributed by atoms with Gasteiger partial charge < -0.3 is 20.7 Å². The maximum Gasteiger partial charge on any atom is 0.226 e. The van der Waals surface area contributed by atoms with Gasteiger partial charge in [0.05, 0.1) is 12.4 Å². The van der Waals surface area contributed by atoms with Gasteiger partial charge in [0.2, 0.25) is 5.95 Å². The van der Waals surface area contributed by atoms with Gasteiger partial charge in [-0.25, -0.2) is 4.98 Å². The predicted molar refractivity (Wildman–Crippen MR) is 73.1 cm³/mol. The number of nitrogens with one attached hydrogen (secondary N) is 3. The Morgan fingerprint density at radius 2 is 2.26 bits per heavy atom. The number of aromatic amines is 1. The number of hydrogen-bond acceptors (Lipinski definition) is 6. The number of aliphatic hydroxyl groups excluding tert-OH is 1. The SMILES string of the molecule is CCNc1nc(NCC(O)C2CC2)c2[nH]cnc2n1. The summed E-state index contributed by atoms with van der Waals surface area (Å²) >= 11 is 0. The Morgan fingerprint density at radius 3 is 3.00 bits per heavy atom. The number of rotatable bonds is 6. The number of imidazole rings is 1. The molecule has 7 nitrogen and oxygen atoms in total. The molecule has 0 spiro atoms. The highest BCUT2D eigenvalue weighted by molar-refractivity contribution is 5.83. The average molecular weight is 262 g/mol. The van der Waals surface area contributed by atoms with Crippen molar-refractivity contribution in [3.8, 4) is 0 Å². The lowest BCUT2D eigenvalue weighted by Crippen LogP contribution is -2.22. The molecule has 1 aliphatic carbocycles. The lowest BCUT2D eigenvalue weighted by molar-refractivity contribution is 0.164. The van der Waals surface area contributed by atoms with E-state index in [1.54, 1.807) is 6.33 Å². The maximum absolute atomic E-state index is 9.90. The van der Waals surface area contributed by atoms with Crippen LogP contribution in [0.25, 0.3) is 11.2 Å². The van der Waals surface area contributed by atoms with E-state index in [0.29, 0.717) is 29.9 Å². The number of anilines is 2. The van der Waals surface area contributed by atoms with Crippen LogP contribution in [0.5, 0.6) is 0 Å². The first-order valence-electron chi connectivity index (χ1n) is 6.65. The summed E-state index contributed by atoms with van der Waals surface area (Å²) in [5.74, 6) is 1.67. The van der Waals surface area contributed by atoms with Gasteiger partial charge in [0.1, 0.15) is 5.52 Å². The summed E-state index contributed by atoms with van der Waals surface area (Å²) in [6.07, 6.45) is 3.52. The highest BCUT2D eigenvalue weighted by Crippen LogP contribution is 2.32. The molecule has 4 N–H and O–H groups in total. The second-order valence-electron chi connectivity index (χ2n) is 4.81. The molecule has 1 atom stereocenters. The van der Waals surface area contributed by atoms with Crippen LogP contribution in [0.4, 0.5) is 11.8 Å². The summed E-state index contributed by atoms with van der Waals surface area (Å²) in [5, 5.41) is 16.2. The van der Waals surface area contributed by atoms with Gasteiger partial charge in [0.25, 0.3) is 0 Å². The van der Waals surface area contributed by atoms with E-state index in [1.807, 2.05) is 6.92 Å². The van der Waals surface area contributed by atoms with Gasteiger partial charge in [-0.1, -0.05) is 0 Å². The van der Waals surface area contributed by atoms with Crippen molar-refractivity contribution in [3.63, 3.8) is 0 Å². The Bertz CT molecular complexity index is 564. The Labute approximate surface area is 110 Å². The number of nitrogens with zero attached hydrogens (tertiary/aromatic N) is 3. The van der Waals surface area contributed by atoms with Crippen molar-refractivity contribution in [2.45, 2.75) is 25.9 Å². The van der Waals surface area contributed by atoms with E-state index in [-0.39, 0.29) is 6.10 Å². The Morgan fingerprint density at radius 1 is 1.42 bits per heavy atom. The van der Waals surface area contributed by atoms with Crippen LogP contribution in [0.1, 0.15) is 19.8 Å². The molecule has 0 aliphatic heterocycles. The minimum absolute atomic E-state index is 0.310. The summed E-state index contributed by atoms with van der Waals surface area (Å²) in [7, 11) is 0. The number of aliphatic hydroxyl groups is 1. The normalized spacial score (nSPS) is 16.5. The van der Waals surface area contributed by atoms with Crippen molar-refractivity contribution in [1.82, 2.24) is 19.9 Å². The van der Waals surface area contributed by atoms with Gasteiger partial charge in [-0.15, -0.1) is 0 Å². The molecule has 2 aromatic heterocycles. The minimum Gasteiger partial charge on any atom is -0.391 e. The zero-order valence-electron chi connectivity index (χ0n) is 10.8. The van der Waals surface area contributed by atoms with E-state index < -0.39 is 0 Å². The molecular weight excluding hydrogens is 244 g/mol. The van der Waals surface area contributed by atoms with Crippen molar-refractivity contribution >= 4 is 22.9 Å². The van der Waals surface area contributed by atoms with Crippen LogP contribution in [-0.2, 0) is 0 Å². The molecule has 1 aliphatic rings. The van der Waals surface area contributed by atoms with Crippen LogP contribution in [0, 0.1) is 5.92 Å².